The third-order valence-electron chi connectivity index (χ3n) is 3.86. The van der Waals surface area contributed by atoms with Crippen LogP contribution in [0.1, 0.15) is 50.7 Å². The lowest BCUT2D eigenvalue weighted by Crippen LogP contribution is -2.29. The Bertz CT molecular complexity index is 850. The van der Waals surface area contributed by atoms with Crippen LogP contribution < -0.4 is 10.1 Å². The van der Waals surface area contributed by atoms with E-state index in [4.69, 9.17) is 4.74 Å². The predicted molar refractivity (Wildman–Crippen MR) is 102 cm³/mol. The second kappa shape index (κ2) is 7.77. The summed E-state index contributed by atoms with van der Waals surface area (Å²) in [5.41, 5.74) is 0.146. The first-order valence-electron chi connectivity index (χ1n) is 8.82. The summed E-state index contributed by atoms with van der Waals surface area (Å²) in [6.07, 6.45) is 0. The summed E-state index contributed by atoms with van der Waals surface area (Å²) in [4.78, 5) is 23.3. The van der Waals surface area contributed by atoms with Gasteiger partial charge in [0.05, 0.1) is 10.5 Å². The van der Waals surface area contributed by atoms with Crippen LogP contribution in [0.15, 0.2) is 24.3 Å². The molecule has 0 unspecified atom stereocenters. The van der Waals surface area contributed by atoms with Crippen LogP contribution in [0.2, 0.25) is 0 Å². The van der Waals surface area contributed by atoms with Crippen molar-refractivity contribution in [3.8, 4) is 11.6 Å². The molecule has 1 N–H and O–H groups in total. The highest BCUT2D eigenvalue weighted by Gasteiger charge is 2.29. The minimum Gasteiger partial charge on any atom is -0.432 e. The molecular formula is C19H26N4O4. The van der Waals surface area contributed by atoms with Crippen molar-refractivity contribution >= 4 is 11.6 Å². The highest BCUT2D eigenvalue weighted by Crippen LogP contribution is 2.36. The zero-order valence-electron chi connectivity index (χ0n) is 16.6. The molecule has 8 nitrogen and oxygen atoms in total. The average Bonchev–Trinajstić information content (AvgIpc) is 2.90. The summed E-state index contributed by atoms with van der Waals surface area (Å²) in [5, 5.41) is 18.6. The van der Waals surface area contributed by atoms with Gasteiger partial charge >= 0.3 is 5.69 Å². The van der Waals surface area contributed by atoms with E-state index in [0.717, 1.165) is 0 Å². The Labute approximate surface area is 158 Å². The molecule has 1 aromatic carbocycles. The standard InChI is InChI=1S/C19H26N4O4/c1-12(2)11-20-17(24)16-13(3)18(22(21-16)19(4,5)6)27-15-10-8-7-9-14(15)23(25)26/h7-10,12H,11H2,1-6H3,(H,20,24). The predicted octanol–water partition coefficient (Wildman–Crippen LogP) is 4.03. The number of para-hydroxylation sites is 2. The van der Waals surface area contributed by atoms with Gasteiger partial charge in [-0.25, -0.2) is 4.68 Å². The molecule has 0 aliphatic carbocycles. The van der Waals surface area contributed by atoms with Crippen molar-refractivity contribution in [2.45, 2.75) is 47.1 Å². The van der Waals surface area contributed by atoms with Gasteiger partial charge in [0.2, 0.25) is 11.6 Å². The summed E-state index contributed by atoms with van der Waals surface area (Å²) in [5.74, 6) is 0.426. The van der Waals surface area contributed by atoms with Crippen LogP contribution >= 0.6 is 0 Å². The fraction of sp³-hybridized carbons (Fsp3) is 0.474. The number of nitrogens with one attached hydrogen (secondary N) is 1. The highest BCUT2D eigenvalue weighted by atomic mass is 16.6. The fourth-order valence-electron chi connectivity index (χ4n) is 2.45. The van der Waals surface area contributed by atoms with Crippen LogP contribution in [0.3, 0.4) is 0 Å². The van der Waals surface area contributed by atoms with Crippen LogP contribution in [-0.4, -0.2) is 27.2 Å². The van der Waals surface area contributed by atoms with E-state index in [-0.39, 0.29) is 23.0 Å². The molecule has 0 aliphatic rings. The van der Waals surface area contributed by atoms with Crippen molar-refractivity contribution in [3.05, 3.63) is 45.6 Å². The number of nitro groups is 1. The molecule has 0 aliphatic heterocycles. The summed E-state index contributed by atoms with van der Waals surface area (Å²) < 4.78 is 7.48. The second-order valence-corrected chi connectivity index (χ2v) is 7.79. The number of nitrogens with zero attached hydrogens (tertiary/aromatic N) is 3. The molecular weight excluding hydrogens is 348 g/mol. The number of benzene rings is 1. The highest BCUT2D eigenvalue weighted by molar-refractivity contribution is 5.94. The van der Waals surface area contributed by atoms with Crippen molar-refractivity contribution in [3.63, 3.8) is 0 Å². The Kier molecular flexibility index (Phi) is 5.88. The van der Waals surface area contributed by atoms with Gasteiger partial charge in [0.25, 0.3) is 5.91 Å². The lowest BCUT2D eigenvalue weighted by molar-refractivity contribution is -0.385. The van der Waals surface area contributed by atoms with Crippen LogP contribution in [-0.2, 0) is 5.54 Å². The summed E-state index contributed by atoms with van der Waals surface area (Å²) in [6.45, 7) is 12.0. The molecule has 146 valence electrons. The average molecular weight is 374 g/mol. The van der Waals surface area contributed by atoms with Crippen LogP contribution in [0, 0.1) is 23.0 Å². The molecule has 2 aromatic rings. The van der Waals surface area contributed by atoms with E-state index in [2.05, 4.69) is 10.4 Å². The van der Waals surface area contributed by atoms with E-state index in [0.29, 0.717) is 23.9 Å². The number of carbonyl (C=O) groups excluding carboxylic acids is 1. The van der Waals surface area contributed by atoms with Gasteiger partial charge in [-0.05, 0) is 39.7 Å². The fourth-order valence-corrected chi connectivity index (χ4v) is 2.45. The van der Waals surface area contributed by atoms with Crippen LogP contribution in [0.25, 0.3) is 0 Å². The number of hydrogen-bond acceptors (Lipinski definition) is 5. The number of amides is 1. The Balaban J connectivity index is 2.49. The smallest absolute Gasteiger partial charge is 0.311 e. The first-order chi connectivity index (χ1) is 12.5. The maximum Gasteiger partial charge on any atom is 0.311 e. The third-order valence-corrected chi connectivity index (χ3v) is 3.86. The van der Waals surface area contributed by atoms with E-state index in [9.17, 15) is 14.9 Å². The Morgan fingerprint density at radius 3 is 2.52 bits per heavy atom. The topological polar surface area (TPSA) is 99.3 Å². The van der Waals surface area contributed by atoms with Gasteiger partial charge in [-0.15, -0.1) is 0 Å². The molecule has 0 bridgehead atoms. The molecule has 2 rings (SSSR count). The molecule has 1 amide bonds. The Morgan fingerprint density at radius 2 is 1.96 bits per heavy atom. The minimum absolute atomic E-state index is 0.102. The van der Waals surface area contributed by atoms with Crippen molar-refractivity contribution in [1.29, 1.82) is 0 Å². The summed E-state index contributed by atoms with van der Waals surface area (Å²) in [7, 11) is 0. The van der Waals surface area contributed by atoms with Crippen molar-refractivity contribution in [2.24, 2.45) is 5.92 Å². The first-order valence-corrected chi connectivity index (χ1v) is 8.82. The zero-order chi connectivity index (χ0) is 20.4. The number of nitro benzene ring substituents is 1. The van der Waals surface area contributed by atoms with E-state index < -0.39 is 10.5 Å². The zero-order valence-corrected chi connectivity index (χ0v) is 16.6. The molecule has 0 radical (unpaired) electrons. The number of aromatic nitrogens is 2. The van der Waals surface area contributed by atoms with Gasteiger partial charge in [-0.2, -0.15) is 5.10 Å². The van der Waals surface area contributed by atoms with E-state index in [1.165, 1.54) is 12.1 Å². The molecule has 0 saturated carbocycles. The molecule has 8 heteroatoms. The number of rotatable bonds is 6. The van der Waals surface area contributed by atoms with E-state index in [1.54, 1.807) is 23.7 Å². The molecule has 27 heavy (non-hydrogen) atoms. The number of ether oxygens (including phenoxy) is 1. The first kappa shape index (κ1) is 20.4. The molecule has 0 saturated heterocycles. The van der Waals surface area contributed by atoms with Gasteiger partial charge in [0.1, 0.15) is 0 Å². The monoisotopic (exact) mass is 374 g/mol. The number of carbonyl (C=O) groups is 1. The molecule has 0 fully saturated rings. The van der Waals surface area contributed by atoms with Gasteiger partial charge in [-0.1, -0.05) is 26.0 Å². The Morgan fingerprint density at radius 1 is 1.33 bits per heavy atom. The summed E-state index contributed by atoms with van der Waals surface area (Å²) in [6, 6.07) is 6.13. The number of hydrogen-bond donors (Lipinski definition) is 1. The van der Waals surface area contributed by atoms with Gasteiger partial charge in [0.15, 0.2) is 5.69 Å². The molecule has 0 spiro atoms. The van der Waals surface area contributed by atoms with Crippen LogP contribution in [0.4, 0.5) is 5.69 Å². The Hall–Kier alpha value is -2.90. The SMILES string of the molecule is Cc1c(C(=O)NCC(C)C)nn(C(C)(C)C)c1Oc1ccccc1[N+](=O)[O-]. The second-order valence-electron chi connectivity index (χ2n) is 7.79. The van der Waals surface area contributed by atoms with E-state index in [1.807, 2.05) is 34.6 Å². The summed E-state index contributed by atoms with van der Waals surface area (Å²) >= 11 is 0. The quantitative estimate of drug-likeness (QED) is 0.608. The molecule has 0 atom stereocenters. The maximum absolute atomic E-state index is 12.5. The largest absolute Gasteiger partial charge is 0.432 e. The van der Waals surface area contributed by atoms with Crippen LogP contribution in [0.5, 0.6) is 11.6 Å². The third kappa shape index (κ3) is 4.64. The van der Waals surface area contributed by atoms with Gasteiger partial charge < -0.3 is 10.1 Å². The molecule has 1 heterocycles. The van der Waals surface area contributed by atoms with Crippen molar-refractivity contribution in [2.75, 3.05) is 6.54 Å². The maximum atomic E-state index is 12.5. The van der Waals surface area contributed by atoms with Gasteiger partial charge in [0, 0.05) is 18.2 Å². The van der Waals surface area contributed by atoms with Crippen molar-refractivity contribution in [1.82, 2.24) is 15.1 Å². The lowest BCUT2D eigenvalue weighted by Gasteiger charge is -2.22. The normalized spacial score (nSPS) is 11.5. The minimum atomic E-state index is -0.501. The lowest BCUT2D eigenvalue weighted by atomic mass is 10.1. The van der Waals surface area contributed by atoms with Crippen molar-refractivity contribution < 1.29 is 14.5 Å². The van der Waals surface area contributed by atoms with Gasteiger partial charge in [-0.3, -0.25) is 14.9 Å². The van der Waals surface area contributed by atoms with E-state index >= 15 is 0 Å². The molecule has 1 aromatic heterocycles.